The molecule has 0 bridgehead atoms. The van der Waals surface area contributed by atoms with Crippen molar-refractivity contribution in [1.29, 1.82) is 0 Å². The van der Waals surface area contributed by atoms with Gasteiger partial charge in [-0.05, 0) is 34.5 Å². The van der Waals surface area contributed by atoms with E-state index in [9.17, 15) is 4.39 Å². The number of piperazine rings is 1. The first-order chi connectivity index (χ1) is 14.8. The summed E-state index contributed by atoms with van der Waals surface area (Å²) >= 11 is 0. The minimum Gasteiger partial charge on any atom is -0.323 e. The van der Waals surface area contributed by atoms with Crippen molar-refractivity contribution >= 4 is 0 Å². The fourth-order valence-corrected chi connectivity index (χ4v) is 5.27. The molecule has 0 radical (unpaired) electrons. The maximum atomic E-state index is 14.9. The predicted octanol–water partition coefficient (Wildman–Crippen LogP) is 0.0901. The molecule has 156 valence electrons. The number of nitrogens with one attached hydrogen (secondary N) is 2. The summed E-state index contributed by atoms with van der Waals surface area (Å²) in [5.74, 6) is 0.598. The van der Waals surface area contributed by atoms with Gasteiger partial charge in [0, 0.05) is 19.4 Å². The molecule has 4 atom stereocenters. The normalized spacial score (nSPS) is 24.5. The van der Waals surface area contributed by atoms with Crippen molar-refractivity contribution in [2.45, 2.75) is 37.9 Å². The summed E-state index contributed by atoms with van der Waals surface area (Å²) in [4.78, 5) is 3.10. The van der Waals surface area contributed by atoms with Crippen molar-refractivity contribution in [1.82, 2.24) is 20.2 Å². The standard InChI is InChI=1S/C23H27FN6/c24-21-11-5-4-10-20(21)22(29-16-15-28-13-6-9-19(28)17-29)23-25-26-27-30(23)14-12-18-7-2-1-3-8-18/h1-5,7-8,10-11,19,22H,6,9,12-17H2/p+2/t19-,22+/m1/s1. The maximum absolute atomic E-state index is 14.9. The first-order valence-electron chi connectivity index (χ1n) is 11.0. The minimum atomic E-state index is -0.181. The highest BCUT2D eigenvalue weighted by atomic mass is 19.1. The quantitative estimate of drug-likeness (QED) is 0.608. The first kappa shape index (κ1) is 19.3. The average Bonchev–Trinajstić information content (AvgIpc) is 3.44. The van der Waals surface area contributed by atoms with Gasteiger partial charge in [0.2, 0.25) is 5.82 Å². The fraction of sp³-hybridized carbons (Fsp3) is 0.435. The Balaban J connectivity index is 1.45. The molecular weight excluding hydrogens is 379 g/mol. The Kier molecular flexibility index (Phi) is 5.55. The molecule has 0 spiro atoms. The van der Waals surface area contributed by atoms with Gasteiger partial charge >= 0.3 is 0 Å². The molecule has 5 rings (SSSR count). The van der Waals surface area contributed by atoms with Crippen LogP contribution in [0, 0.1) is 5.82 Å². The van der Waals surface area contributed by atoms with Gasteiger partial charge in [-0.25, -0.2) is 9.07 Å². The number of rotatable bonds is 6. The van der Waals surface area contributed by atoms with Gasteiger partial charge in [0.05, 0.1) is 12.1 Å². The van der Waals surface area contributed by atoms with Gasteiger partial charge in [0.1, 0.15) is 31.5 Å². The highest BCUT2D eigenvalue weighted by molar-refractivity contribution is 5.24. The van der Waals surface area contributed by atoms with E-state index in [1.807, 2.05) is 35.0 Å². The number of fused-ring (bicyclic) bond motifs is 1. The molecule has 2 fully saturated rings. The molecular formula is C23H29FN6+2. The molecule has 2 aromatic carbocycles. The summed E-state index contributed by atoms with van der Waals surface area (Å²) in [7, 11) is 0. The van der Waals surface area contributed by atoms with Gasteiger partial charge in [-0.2, -0.15) is 0 Å². The van der Waals surface area contributed by atoms with E-state index in [0.29, 0.717) is 18.2 Å². The number of quaternary nitrogens is 2. The predicted molar refractivity (Wildman–Crippen MR) is 111 cm³/mol. The van der Waals surface area contributed by atoms with E-state index in [2.05, 4.69) is 27.7 Å². The first-order valence-corrected chi connectivity index (χ1v) is 11.0. The Bertz CT molecular complexity index is 975. The number of hydrogen-bond acceptors (Lipinski definition) is 3. The molecule has 0 saturated carbocycles. The van der Waals surface area contributed by atoms with Crippen LogP contribution in [-0.2, 0) is 13.0 Å². The van der Waals surface area contributed by atoms with E-state index in [0.717, 1.165) is 31.9 Å². The lowest BCUT2D eigenvalue weighted by Gasteiger charge is -2.36. The van der Waals surface area contributed by atoms with Crippen LogP contribution >= 0.6 is 0 Å². The van der Waals surface area contributed by atoms with E-state index < -0.39 is 0 Å². The zero-order valence-electron chi connectivity index (χ0n) is 17.2. The van der Waals surface area contributed by atoms with Crippen LogP contribution in [-0.4, -0.2) is 52.4 Å². The number of tetrazole rings is 1. The van der Waals surface area contributed by atoms with Gasteiger partial charge < -0.3 is 9.80 Å². The van der Waals surface area contributed by atoms with Gasteiger partial charge in [-0.15, -0.1) is 5.10 Å². The van der Waals surface area contributed by atoms with Gasteiger partial charge in [0.15, 0.2) is 6.04 Å². The van der Waals surface area contributed by atoms with Crippen LogP contribution in [0.1, 0.15) is 35.8 Å². The third-order valence-electron chi connectivity index (χ3n) is 6.80. The van der Waals surface area contributed by atoms with Crippen LogP contribution in [0.4, 0.5) is 4.39 Å². The zero-order chi connectivity index (χ0) is 20.3. The van der Waals surface area contributed by atoms with E-state index >= 15 is 0 Å². The van der Waals surface area contributed by atoms with Gasteiger partial charge in [0.25, 0.3) is 0 Å². The number of benzene rings is 2. The molecule has 2 saturated heterocycles. The highest BCUT2D eigenvalue weighted by Crippen LogP contribution is 2.21. The lowest BCUT2D eigenvalue weighted by molar-refractivity contribution is -1.03. The summed E-state index contributed by atoms with van der Waals surface area (Å²) in [5.41, 5.74) is 1.95. The summed E-state index contributed by atoms with van der Waals surface area (Å²) in [6.07, 6.45) is 3.41. The Morgan fingerprint density at radius 1 is 1.03 bits per heavy atom. The van der Waals surface area contributed by atoms with Crippen LogP contribution < -0.4 is 9.80 Å². The molecule has 2 unspecified atom stereocenters. The van der Waals surface area contributed by atoms with E-state index in [-0.39, 0.29) is 11.9 Å². The van der Waals surface area contributed by atoms with Crippen LogP contribution in [0.25, 0.3) is 0 Å². The van der Waals surface area contributed by atoms with Crippen molar-refractivity contribution < 1.29 is 14.2 Å². The van der Waals surface area contributed by atoms with Crippen molar-refractivity contribution in [2.24, 2.45) is 0 Å². The lowest BCUT2D eigenvalue weighted by atomic mass is 10.0. The summed E-state index contributed by atoms with van der Waals surface area (Å²) in [6, 6.07) is 18.0. The van der Waals surface area contributed by atoms with Crippen LogP contribution in [0.15, 0.2) is 54.6 Å². The molecule has 2 aliphatic rings. The summed E-state index contributed by atoms with van der Waals surface area (Å²) < 4.78 is 16.8. The number of nitrogens with zero attached hydrogens (tertiary/aromatic N) is 4. The van der Waals surface area contributed by atoms with Crippen molar-refractivity contribution in [3.05, 3.63) is 77.4 Å². The topological polar surface area (TPSA) is 52.5 Å². The molecule has 3 heterocycles. The molecule has 1 aromatic heterocycles. The van der Waals surface area contributed by atoms with Gasteiger partial charge in [-0.3, -0.25) is 0 Å². The number of aromatic nitrogens is 4. The Hall–Kier alpha value is -2.64. The average molecular weight is 409 g/mol. The van der Waals surface area contributed by atoms with Crippen molar-refractivity contribution in [3.8, 4) is 0 Å². The summed E-state index contributed by atoms with van der Waals surface area (Å²) in [5, 5.41) is 12.7. The third-order valence-corrected chi connectivity index (χ3v) is 6.80. The highest BCUT2D eigenvalue weighted by Gasteiger charge is 2.43. The molecule has 30 heavy (non-hydrogen) atoms. The van der Waals surface area contributed by atoms with Crippen LogP contribution in [0.3, 0.4) is 0 Å². The fourth-order valence-electron chi connectivity index (χ4n) is 5.27. The van der Waals surface area contributed by atoms with Gasteiger partial charge in [-0.1, -0.05) is 42.5 Å². The van der Waals surface area contributed by atoms with E-state index in [1.54, 1.807) is 17.0 Å². The van der Waals surface area contributed by atoms with E-state index in [1.165, 1.54) is 29.8 Å². The second-order valence-electron chi connectivity index (χ2n) is 8.56. The lowest BCUT2D eigenvalue weighted by Crippen LogP contribution is -3.29. The molecule has 3 aromatic rings. The molecule has 0 aliphatic carbocycles. The maximum Gasteiger partial charge on any atom is 0.214 e. The van der Waals surface area contributed by atoms with Crippen molar-refractivity contribution in [2.75, 3.05) is 26.2 Å². The SMILES string of the molecule is Fc1ccccc1[C@@H](c1nnnn1CCc1ccccc1)[NH+]1CC[NH+]2CCC[C@@H]2C1. The number of halogens is 1. The molecule has 2 aliphatic heterocycles. The Morgan fingerprint density at radius 3 is 2.73 bits per heavy atom. The zero-order valence-corrected chi connectivity index (χ0v) is 17.2. The molecule has 6 nitrogen and oxygen atoms in total. The Morgan fingerprint density at radius 2 is 1.87 bits per heavy atom. The van der Waals surface area contributed by atoms with Crippen LogP contribution in [0.5, 0.6) is 0 Å². The Labute approximate surface area is 176 Å². The molecule has 0 amide bonds. The van der Waals surface area contributed by atoms with Crippen molar-refractivity contribution in [3.63, 3.8) is 0 Å². The molecule has 7 heteroatoms. The van der Waals surface area contributed by atoms with E-state index in [4.69, 9.17) is 0 Å². The third kappa shape index (κ3) is 3.87. The monoisotopic (exact) mass is 408 g/mol. The minimum absolute atomic E-state index is 0.172. The van der Waals surface area contributed by atoms with Crippen LogP contribution in [0.2, 0.25) is 0 Å². The number of hydrogen-bond donors (Lipinski definition) is 2. The second-order valence-corrected chi connectivity index (χ2v) is 8.56. The second kappa shape index (κ2) is 8.62. The molecule has 2 N–H and O–H groups in total. The summed E-state index contributed by atoms with van der Waals surface area (Å²) in [6.45, 7) is 5.15. The smallest absolute Gasteiger partial charge is 0.214 e. The number of aryl methyl sites for hydroxylation is 2. The largest absolute Gasteiger partial charge is 0.323 e.